The molecule has 2 aromatic rings. The molecular weight excluding hydrogens is 387 g/mol. The average molecular weight is 409 g/mol. The number of ether oxygens (including phenoxy) is 2. The van der Waals surface area contributed by atoms with Crippen LogP contribution >= 0.6 is 0 Å². The van der Waals surface area contributed by atoms with E-state index in [2.05, 4.69) is 15.2 Å². The predicted octanol–water partition coefficient (Wildman–Crippen LogP) is 4.23. The molecule has 0 atom stereocenters. The van der Waals surface area contributed by atoms with E-state index in [1.807, 2.05) is 0 Å². The zero-order valence-electron chi connectivity index (χ0n) is 16.0. The summed E-state index contributed by atoms with van der Waals surface area (Å²) in [6, 6.07) is 5.74. The fourth-order valence-electron chi connectivity index (χ4n) is 3.72. The minimum atomic E-state index is -4.73. The summed E-state index contributed by atoms with van der Waals surface area (Å²) in [5, 5.41) is 7.44. The molecular formula is C20H22F3N3O3. The molecule has 2 fully saturated rings. The Bertz CT molecular complexity index is 885. The second kappa shape index (κ2) is 7.70. The topological polar surface area (TPSA) is 65.4 Å². The van der Waals surface area contributed by atoms with Crippen molar-refractivity contribution >= 4 is 11.7 Å². The lowest BCUT2D eigenvalue weighted by Crippen LogP contribution is -2.31. The SMILES string of the molecule is Cn1nc(NC(=O)CC2COC2)c(C2CCC2)c1-c1ccc(OC(F)(F)F)cc1. The third kappa shape index (κ3) is 4.39. The van der Waals surface area contributed by atoms with Crippen molar-refractivity contribution in [2.24, 2.45) is 13.0 Å². The molecule has 1 N–H and O–H groups in total. The summed E-state index contributed by atoms with van der Waals surface area (Å²) in [7, 11) is 1.77. The van der Waals surface area contributed by atoms with E-state index in [0.29, 0.717) is 25.5 Å². The van der Waals surface area contributed by atoms with E-state index in [1.54, 1.807) is 23.9 Å². The van der Waals surface area contributed by atoms with Gasteiger partial charge in [-0.25, -0.2) is 0 Å². The summed E-state index contributed by atoms with van der Waals surface area (Å²) in [6.45, 7) is 1.20. The number of nitrogens with zero attached hydrogens (tertiary/aromatic N) is 2. The number of rotatable bonds is 6. The van der Waals surface area contributed by atoms with Gasteiger partial charge in [0, 0.05) is 30.5 Å². The number of anilines is 1. The van der Waals surface area contributed by atoms with Gasteiger partial charge < -0.3 is 14.8 Å². The van der Waals surface area contributed by atoms with Gasteiger partial charge in [-0.15, -0.1) is 13.2 Å². The molecule has 1 aliphatic carbocycles. The van der Waals surface area contributed by atoms with E-state index >= 15 is 0 Å². The van der Waals surface area contributed by atoms with Gasteiger partial charge in [-0.1, -0.05) is 6.42 Å². The van der Waals surface area contributed by atoms with Crippen LogP contribution in [-0.2, 0) is 16.6 Å². The fraction of sp³-hybridized carbons (Fsp3) is 0.500. The Labute approximate surface area is 166 Å². The van der Waals surface area contributed by atoms with Crippen molar-refractivity contribution < 1.29 is 27.4 Å². The fourth-order valence-corrected chi connectivity index (χ4v) is 3.72. The first-order valence-electron chi connectivity index (χ1n) is 9.61. The number of halogens is 3. The van der Waals surface area contributed by atoms with Crippen molar-refractivity contribution in [1.82, 2.24) is 9.78 Å². The third-order valence-electron chi connectivity index (χ3n) is 5.40. The summed E-state index contributed by atoms with van der Waals surface area (Å²) in [4.78, 5) is 12.4. The quantitative estimate of drug-likeness (QED) is 0.776. The minimum Gasteiger partial charge on any atom is -0.406 e. The summed E-state index contributed by atoms with van der Waals surface area (Å²) in [6.07, 6.45) is -1.25. The largest absolute Gasteiger partial charge is 0.573 e. The maximum Gasteiger partial charge on any atom is 0.573 e. The van der Waals surface area contributed by atoms with Crippen LogP contribution in [-0.4, -0.2) is 35.3 Å². The van der Waals surface area contributed by atoms with Crippen LogP contribution in [0.3, 0.4) is 0 Å². The van der Waals surface area contributed by atoms with Gasteiger partial charge in [0.2, 0.25) is 5.91 Å². The van der Waals surface area contributed by atoms with Gasteiger partial charge in [0.05, 0.1) is 18.9 Å². The Morgan fingerprint density at radius 3 is 2.48 bits per heavy atom. The molecule has 1 aliphatic heterocycles. The number of nitrogens with one attached hydrogen (secondary N) is 1. The number of hydrogen-bond donors (Lipinski definition) is 1. The first kappa shape index (κ1) is 19.8. The summed E-state index contributed by atoms with van der Waals surface area (Å²) in [5.41, 5.74) is 2.47. The Morgan fingerprint density at radius 2 is 1.97 bits per heavy atom. The van der Waals surface area contributed by atoms with Gasteiger partial charge >= 0.3 is 6.36 Å². The molecule has 2 aliphatic rings. The highest BCUT2D eigenvalue weighted by molar-refractivity contribution is 5.92. The van der Waals surface area contributed by atoms with E-state index in [1.165, 1.54) is 12.1 Å². The van der Waals surface area contributed by atoms with E-state index in [-0.39, 0.29) is 23.5 Å². The smallest absolute Gasteiger partial charge is 0.406 e. The molecule has 0 bridgehead atoms. The lowest BCUT2D eigenvalue weighted by Gasteiger charge is -2.27. The lowest BCUT2D eigenvalue weighted by molar-refractivity contribution is -0.274. The number of benzene rings is 1. The van der Waals surface area contributed by atoms with E-state index in [4.69, 9.17) is 4.74 Å². The minimum absolute atomic E-state index is 0.0996. The van der Waals surface area contributed by atoms with Gasteiger partial charge in [-0.2, -0.15) is 5.10 Å². The number of aryl methyl sites for hydroxylation is 1. The van der Waals surface area contributed by atoms with Crippen molar-refractivity contribution in [3.05, 3.63) is 29.8 Å². The van der Waals surface area contributed by atoms with Crippen molar-refractivity contribution in [3.63, 3.8) is 0 Å². The van der Waals surface area contributed by atoms with Gasteiger partial charge in [0.25, 0.3) is 0 Å². The third-order valence-corrected chi connectivity index (χ3v) is 5.40. The zero-order chi connectivity index (χ0) is 20.6. The molecule has 29 heavy (non-hydrogen) atoms. The molecule has 0 spiro atoms. The van der Waals surface area contributed by atoms with Gasteiger partial charge in [0.1, 0.15) is 5.75 Å². The molecule has 0 radical (unpaired) electrons. The van der Waals surface area contributed by atoms with Gasteiger partial charge in [-0.3, -0.25) is 9.48 Å². The first-order valence-corrected chi connectivity index (χ1v) is 9.61. The van der Waals surface area contributed by atoms with E-state index in [0.717, 1.165) is 36.1 Å². The number of alkyl halides is 3. The number of aromatic nitrogens is 2. The van der Waals surface area contributed by atoms with Crippen molar-refractivity contribution in [2.75, 3.05) is 18.5 Å². The van der Waals surface area contributed by atoms with Gasteiger partial charge in [0.15, 0.2) is 5.82 Å². The molecule has 1 aromatic heterocycles. The second-order valence-corrected chi connectivity index (χ2v) is 7.59. The van der Waals surface area contributed by atoms with Crippen LogP contribution in [0.25, 0.3) is 11.3 Å². The van der Waals surface area contributed by atoms with Crippen molar-refractivity contribution in [2.45, 2.75) is 38.0 Å². The van der Waals surface area contributed by atoms with Crippen molar-refractivity contribution in [1.29, 1.82) is 0 Å². The average Bonchev–Trinajstić information content (AvgIpc) is 2.85. The number of amides is 1. The Balaban J connectivity index is 1.60. The highest BCUT2D eigenvalue weighted by atomic mass is 19.4. The van der Waals surface area contributed by atoms with Crippen LogP contribution in [0.2, 0.25) is 0 Å². The highest BCUT2D eigenvalue weighted by Gasteiger charge is 2.32. The lowest BCUT2D eigenvalue weighted by atomic mass is 9.79. The monoisotopic (exact) mass is 409 g/mol. The predicted molar refractivity (Wildman–Crippen MR) is 99.5 cm³/mol. The molecule has 1 saturated carbocycles. The van der Waals surface area contributed by atoms with Crippen LogP contribution in [0.15, 0.2) is 24.3 Å². The van der Waals surface area contributed by atoms with Crippen LogP contribution in [0.5, 0.6) is 5.75 Å². The molecule has 6 nitrogen and oxygen atoms in total. The second-order valence-electron chi connectivity index (χ2n) is 7.59. The van der Waals surface area contributed by atoms with Crippen LogP contribution < -0.4 is 10.1 Å². The summed E-state index contributed by atoms with van der Waals surface area (Å²) in [5.74, 6) is 0.675. The Morgan fingerprint density at radius 1 is 1.28 bits per heavy atom. The van der Waals surface area contributed by atoms with Crippen molar-refractivity contribution in [3.8, 4) is 17.0 Å². The molecule has 2 heterocycles. The molecule has 1 amide bonds. The maximum atomic E-state index is 12.4. The molecule has 0 unspecified atom stereocenters. The van der Waals surface area contributed by atoms with Crippen LogP contribution in [0.1, 0.15) is 37.2 Å². The normalized spacial score (nSPS) is 17.5. The molecule has 9 heteroatoms. The number of carbonyl (C=O) groups excluding carboxylic acids is 1. The summed E-state index contributed by atoms with van der Waals surface area (Å²) >= 11 is 0. The maximum absolute atomic E-state index is 12.4. The van der Waals surface area contributed by atoms with Gasteiger partial charge in [-0.05, 0) is 43.0 Å². The molecule has 1 aromatic carbocycles. The number of carbonyl (C=O) groups is 1. The first-order chi connectivity index (χ1) is 13.8. The van der Waals surface area contributed by atoms with E-state index in [9.17, 15) is 18.0 Å². The molecule has 156 valence electrons. The Kier molecular flexibility index (Phi) is 5.24. The van der Waals surface area contributed by atoms with Crippen LogP contribution in [0, 0.1) is 5.92 Å². The standard InChI is InChI=1S/C20H22F3N3O3/c1-26-18(14-5-7-15(8-6-14)29-20(21,22)23)17(13-3-2-4-13)19(25-26)24-16(27)9-12-10-28-11-12/h5-8,12-13H,2-4,9-11H2,1H3,(H,24,25,27). The van der Waals surface area contributed by atoms with Crippen LogP contribution in [0.4, 0.5) is 19.0 Å². The molecule has 4 rings (SSSR count). The van der Waals surface area contributed by atoms with E-state index < -0.39 is 6.36 Å². The highest BCUT2D eigenvalue weighted by Crippen LogP contribution is 2.45. The number of hydrogen-bond acceptors (Lipinski definition) is 4. The molecule has 1 saturated heterocycles. The Hall–Kier alpha value is -2.55. The summed E-state index contributed by atoms with van der Waals surface area (Å²) < 4.78 is 48.0. The zero-order valence-corrected chi connectivity index (χ0v) is 16.0.